The third kappa shape index (κ3) is 1.78. The minimum Gasteiger partial charge on any atom is -0.496 e. The Hall–Kier alpha value is -1.44. The first-order valence-corrected chi connectivity index (χ1v) is 3.81. The van der Waals surface area contributed by atoms with E-state index in [1.165, 1.54) is 0 Å². The molecule has 0 heterocycles. The molecule has 64 valence electrons. The summed E-state index contributed by atoms with van der Waals surface area (Å²) < 4.78 is 5.15. The summed E-state index contributed by atoms with van der Waals surface area (Å²) in [4.78, 5) is 0. The summed E-state index contributed by atoms with van der Waals surface area (Å²) >= 11 is 0. The van der Waals surface area contributed by atoms with Gasteiger partial charge in [-0.25, -0.2) is 0 Å². The molecule has 0 radical (unpaired) electrons. The van der Waals surface area contributed by atoms with Crippen molar-refractivity contribution >= 4 is 5.69 Å². The van der Waals surface area contributed by atoms with Gasteiger partial charge in [-0.3, -0.25) is 0 Å². The Morgan fingerprint density at radius 3 is 2.92 bits per heavy atom. The largest absolute Gasteiger partial charge is 0.496 e. The fourth-order valence-corrected chi connectivity index (χ4v) is 1.11. The van der Waals surface area contributed by atoms with Gasteiger partial charge in [-0.15, -0.1) is 6.58 Å². The second-order valence-corrected chi connectivity index (χ2v) is 2.56. The van der Waals surface area contributed by atoms with Crippen molar-refractivity contribution in [3.63, 3.8) is 0 Å². The zero-order chi connectivity index (χ0) is 8.97. The van der Waals surface area contributed by atoms with Crippen molar-refractivity contribution in [2.75, 3.05) is 12.8 Å². The van der Waals surface area contributed by atoms with Crippen LogP contribution in [0.15, 0.2) is 30.9 Å². The number of nitrogen functional groups attached to an aromatic ring is 1. The fourth-order valence-electron chi connectivity index (χ4n) is 1.11. The molecule has 1 rings (SSSR count). The van der Waals surface area contributed by atoms with Gasteiger partial charge in [0.15, 0.2) is 0 Å². The van der Waals surface area contributed by atoms with Gasteiger partial charge in [0.05, 0.1) is 7.11 Å². The summed E-state index contributed by atoms with van der Waals surface area (Å²) in [5, 5.41) is 0. The number of allylic oxidation sites excluding steroid dienone is 1. The second kappa shape index (κ2) is 3.81. The van der Waals surface area contributed by atoms with Gasteiger partial charge < -0.3 is 10.5 Å². The van der Waals surface area contributed by atoms with Gasteiger partial charge >= 0.3 is 0 Å². The quantitative estimate of drug-likeness (QED) is 0.546. The van der Waals surface area contributed by atoms with E-state index in [1.807, 2.05) is 24.3 Å². The Kier molecular flexibility index (Phi) is 2.75. The number of hydrogen-bond donors (Lipinski definition) is 1. The Bertz CT molecular complexity index is 281. The molecule has 0 aliphatic heterocycles. The summed E-state index contributed by atoms with van der Waals surface area (Å²) in [5.74, 6) is 0.865. The minimum atomic E-state index is 0.757. The van der Waals surface area contributed by atoms with Crippen LogP contribution in [0.4, 0.5) is 5.69 Å². The summed E-state index contributed by atoms with van der Waals surface area (Å²) in [6.45, 7) is 3.66. The van der Waals surface area contributed by atoms with Gasteiger partial charge in [0.1, 0.15) is 5.75 Å². The third-order valence-electron chi connectivity index (χ3n) is 1.67. The van der Waals surface area contributed by atoms with E-state index in [1.54, 1.807) is 7.11 Å². The normalized spacial score (nSPS) is 9.42. The van der Waals surface area contributed by atoms with Crippen LogP contribution >= 0.6 is 0 Å². The number of ether oxygens (including phenoxy) is 1. The second-order valence-electron chi connectivity index (χ2n) is 2.56. The first kappa shape index (κ1) is 8.65. The van der Waals surface area contributed by atoms with Crippen molar-refractivity contribution in [2.24, 2.45) is 0 Å². The summed E-state index contributed by atoms with van der Waals surface area (Å²) in [7, 11) is 1.65. The van der Waals surface area contributed by atoms with E-state index in [2.05, 4.69) is 6.58 Å². The van der Waals surface area contributed by atoms with Crippen LogP contribution in [0.2, 0.25) is 0 Å². The fraction of sp³-hybridized carbons (Fsp3) is 0.200. The molecule has 0 unspecified atom stereocenters. The van der Waals surface area contributed by atoms with Gasteiger partial charge in [-0.05, 0) is 30.2 Å². The average molecular weight is 163 g/mol. The minimum absolute atomic E-state index is 0.757. The van der Waals surface area contributed by atoms with E-state index in [0.717, 1.165) is 23.4 Å². The summed E-state index contributed by atoms with van der Waals surface area (Å²) in [5.41, 5.74) is 7.46. The maximum absolute atomic E-state index is 5.62. The van der Waals surface area contributed by atoms with Gasteiger partial charge in [0.25, 0.3) is 0 Å². The number of hydrogen-bond acceptors (Lipinski definition) is 2. The molecule has 0 saturated carbocycles. The van der Waals surface area contributed by atoms with Crippen LogP contribution in [0.5, 0.6) is 5.75 Å². The van der Waals surface area contributed by atoms with Crippen molar-refractivity contribution in [3.05, 3.63) is 36.4 Å². The first-order valence-electron chi connectivity index (χ1n) is 3.81. The molecular weight excluding hydrogens is 150 g/mol. The number of nitrogens with two attached hydrogens (primary N) is 1. The highest BCUT2D eigenvalue weighted by Gasteiger charge is 2.00. The van der Waals surface area contributed by atoms with Crippen LogP contribution < -0.4 is 10.5 Å². The zero-order valence-electron chi connectivity index (χ0n) is 7.21. The van der Waals surface area contributed by atoms with Crippen LogP contribution in [0.1, 0.15) is 5.56 Å². The number of methoxy groups -OCH3 is 1. The van der Waals surface area contributed by atoms with Crippen molar-refractivity contribution in [2.45, 2.75) is 6.42 Å². The number of rotatable bonds is 3. The van der Waals surface area contributed by atoms with E-state index in [4.69, 9.17) is 10.5 Å². The van der Waals surface area contributed by atoms with Crippen LogP contribution in [-0.2, 0) is 6.42 Å². The lowest BCUT2D eigenvalue weighted by Gasteiger charge is -2.06. The topological polar surface area (TPSA) is 35.2 Å². The lowest BCUT2D eigenvalue weighted by molar-refractivity contribution is 0.411. The van der Waals surface area contributed by atoms with Crippen LogP contribution in [0, 0.1) is 0 Å². The molecular formula is C10H13NO. The smallest absolute Gasteiger partial charge is 0.122 e. The zero-order valence-corrected chi connectivity index (χ0v) is 7.21. The van der Waals surface area contributed by atoms with E-state index in [-0.39, 0.29) is 0 Å². The van der Waals surface area contributed by atoms with Gasteiger partial charge in [-0.1, -0.05) is 6.08 Å². The third-order valence-corrected chi connectivity index (χ3v) is 1.67. The molecule has 1 aromatic rings. The molecule has 2 N–H and O–H groups in total. The van der Waals surface area contributed by atoms with E-state index < -0.39 is 0 Å². The molecule has 0 aliphatic rings. The number of anilines is 1. The van der Waals surface area contributed by atoms with Gasteiger partial charge in [0, 0.05) is 5.69 Å². The molecule has 2 heteroatoms. The van der Waals surface area contributed by atoms with Crippen molar-refractivity contribution in [3.8, 4) is 5.75 Å². The average Bonchev–Trinajstić information content (AvgIpc) is 2.05. The summed E-state index contributed by atoms with van der Waals surface area (Å²) in [6.07, 6.45) is 2.62. The molecule has 0 amide bonds. The maximum Gasteiger partial charge on any atom is 0.122 e. The number of benzene rings is 1. The monoisotopic (exact) mass is 163 g/mol. The molecule has 0 atom stereocenters. The van der Waals surface area contributed by atoms with Crippen LogP contribution in [0.3, 0.4) is 0 Å². The SMILES string of the molecule is C=CCc1cc(N)ccc1OC. The Balaban J connectivity index is 3.03. The highest BCUT2D eigenvalue weighted by atomic mass is 16.5. The molecule has 0 saturated heterocycles. The summed E-state index contributed by atoms with van der Waals surface area (Å²) in [6, 6.07) is 5.60. The highest BCUT2D eigenvalue weighted by Crippen LogP contribution is 2.21. The van der Waals surface area contributed by atoms with Gasteiger partial charge in [-0.2, -0.15) is 0 Å². The molecule has 1 aromatic carbocycles. The molecule has 2 nitrogen and oxygen atoms in total. The van der Waals surface area contributed by atoms with Crippen molar-refractivity contribution < 1.29 is 4.74 Å². The van der Waals surface area contributed by atoms with E-state index >= 15 is 0 Å². The molecule has 0 spiro atoms. The lowest BCUT2D eigenvalue weighted by atomic mass is 10.1. The molecule has 0 aliphatic carbocycles. The molecule has 0 bridgehead atoms. The molecule has 0 fully saturated rings. The van der Waals surface area contributed by atoms with Crippen molar-refractivity contribution in [1.82, 2.24) is 0 Å². The van der Waals surface area contributed by atoms with Gasteiger partial charge in [0.2, 0.25) is 0 Å². The Morgan fingerprint density at radius 2 is 2.33 bits per heavy atom. The maximum atomic E-state index is 5.62. The van der Waals surface area contributed by atoms with E-state index in [9.17, 15) is 0 Å². The standard InChI is InChI=1S/C10H13NO/c1-3-4-8-7-9(11)5-6-10(8)12-2/h3,5-7H,1,4,11H2,2H3. The lowest BCUT2D eigenvalue weighted by Crippen LogP contribution is -1.93. The first-order chi connectivity index (χ1) is 5.77. The highest BCUT2D eigenvalue weighted by molar-refractivity contribution is 5.48. The molecule has 12 heavy (non-hydrogen) atoms. The van der Waals surface area contributed by atoms with Crippen LogP contribution in [0.25, 0.3) is 0 Å². The predicted molar refractivity (Wildman–Crippen MR) is 51.3 cm³/mol. The van der Waals surface area contributed by atoms with E-state index in [0.29, 0.717) is 0 Å². The van der Waals surface area contributed by atoms with Crippen molar-refractivity contribution in [1.29, 1.82) is 0 Å². The molecule has 0 aromatic heterocycles. The van der Waals surface area contributed by atoms with Crippen LogP contribution in [-0.4, -0.2) is 7.11 Å². The predicted octanol–water partition coefficient (Wildman–Crippen LogP) is 2.01. The Labute approximate surface area is 72.7 Å². The Morgan fingerprint density at radius 1 is 1.58 bits per heavy atom.